The lowest BCUT2D eigenvalue weighted by Crippen LogP contribution is -2.72. The van der Waals surface area contributed by atoms with E-state index in [-0.39, 0.29) is 5.70 Å². The third kappa shape index (κ3) is 4.72. The number of β-lactam (4-membered cyclic amide) rings is 1. The van der Waals surface area contributed by atoms with Gasteiger partial charge >= 0.3 is 5.97 Å². The summed E-state index contributed by atoms with van der Waals surface area (Å²) in [5.74, 6) is -0.260. The number of carboxylic acids is 1. The van der Waals surface area contributed by atoms with Gasteiger partial charge in [-0.3, -0.25) is 14.5 Å². The molecule has 34 heavy (non-hydrogen) atoms. The van der Waals surface area contributed by atoms with E-state index in [2.05, 4.69) is 15.5 Å². The first-order chi connectivity index (χ1) is 16.4. The Balaban J connectivity index is 1.26. The van der Waals surface area contributed by atoms with E-state index in [0.29, 0.717) is 27.6 Å². The zero-order chi connectivity index (χ0) is 23.8. The number of hydrogen-bond donors (Lipinski definition) is 3. The Labute approximate surface area is 208 Å². The van der Waals surface area contributed by atoms with Crippen LogP contribution in [0.2, 0.25) is 0 Å². The predicted octanol–water partition coefficient (Wildman–Crippen LogP) is 2.62. The van der Waals surface area contributed by atoms with E-state index in [1.54, 1.807) is 36.0 Å². The van der Waals surface area contributed by atoms with Crippen molar-refractivity contribution in [1.82, 2.24) is 20.4 Å². The van der Waals surface area contributed by atoms with Crippen molar-refractivity contribution in [3.8, 4) is 0 Å². The molecule has 3 atom stereocenters. The van der Waals surface area contributed by atoms with Crippen molar-refractivity contribution in [3.63, 3.8) is 0 Å². The van der Waals surface area contributed by atoms with E-state index < -0.39 is 35.9 Å². The second kappa shape index (κ2) is 9.68. The molecule has 2 aliphatic heterocycles. The largest absolute Gasteiger partial charge is 0.477 e. The summed E-state index contributed by atoms with van der Waals surface area (Å²) in [5.41, 5.74) is 6.66. The summed E-state index contributed by atoms with van der Waals surface area (Å²) in [6.07, 6.45) is 3.56. The lowest BCUT2D eigenvalue weighted by molar-refractivity contribution is -0.156. The van der Waals surface area contributed by atoms with Crippen molar-refractivity contribution in [1.29, 1.82) is 0 Å². The van der Waals surface area contributed by atoms with Gasteiger partial charge in [0.25, 0.3) is 5.91 Å². The number of carbonyl (C=O) groups is 3. The number of carbonyl (C=O) groups excluding carboxylic acids is 2. The Bertz CT molecular complexity index is 1150. The molecule has 0 radical (unpaired) electrons. The lowest BCUT2D eigenvalue weighted by atomic mass is 9.86. The highest BCUT2D eigenvalue weighted by Crippen LogP contribution is 2.45. The topological polar surface area (TPSA) is 139 Å². The van der Waals surface area contributed by atoms with Gasteiger partial charge in [0.1, 0.15) is 17.8 Å². The minimum Gasteiger partial charge on any atom is -0.477 e. The molecule has 178 valence electrons. The second-order valence-corrected chi connectivity index (χ2v) is 12.0. The van der Waals surface area contributed by atoms with Gasteiger partial charge in [0.15, 0.2) is 8.68 Å². The molecule has 1 aromatic carbocycles. The van der Waals surface area contributed by atoms with Crippen molar-refractivity contribution < 1.29 is 19.5 Å². The van der Waals surface area contributed by atoms with Crippen LogP contribution in [0.15, 0.2) is 49.6 Å². The van der Waals surface area contributed by atoms with Crippen molar-refractivity contribution in [3.05, 3.63) is 46.5 Å². The van der Waals surface area contributed by atoms with Crippen LogP contribution in [0, 0.1) is 5.92 Å². The Morgan fingerprint density at radius 2 is 1.94 bits per heavy atom. The van der Waals surface area contributed by atoms with E-state index in [9.17, 15) is 19.5 Å². The van der Waals surface area contributed by atoms with Gasteiger partial charge in [0.2, 0.25) is 5.91 Å². The Morgan fingerprint density at radius 3 is 2.65 bits per heavy atom. The Hall–Kier alpha value is -2.41. The Morgan fingerprint density at radius 1 is 1.21 bits per heavy atom. The van der Waals surface area contributed by atoms with Gasteiger partial charge in [-0.1, -0.05) is 65.2 Å². The van der Waals surface area contributed by atoms with Gasteiger partial charge in [-0.25, -0.2) is 4.79 Å². The van der Waals surface area contributed by atoms with Crippen molar-refractivity contribution in [2.75, 3.05) is 5.75 Å². The number of hydrogen-bond acceptors (Lipinski definition) is 9. The molecule has 2 amide bonds. The third-order valence-corrected chi connectivity index (χ3v) is 9.55. The Kier molecular flexibility index (Phi) is 6.65. The van der Waals surface area contributed by atoms with Crippen molar-refractivity contribution >= 4 is 52.6 Å². The molecule has 5 rings (SSSR count). The smallest absolute Gasteiger partial charge is 0.353 e. The molecule has 3 heterocycles. The van der Waals surface area contributed by atoms with Crippen LogP contribution in [-0.4, -0.2) is 55.8 Å². The van der Waals surface area contributed by atoms with Crippen LogP contribution < -0.4 is 11.1 Å². The molecule has 9 nitrogen and oxygen atoms in total. The van der Waals surface area contributed by atoms with Gasteiger partial charge in [-0.2, -0.15) is 0 Å². The van der Waals surface area contributed by atoms with Gasteiger partial charge in [0.05, 0.1) is 6.04 Å². The average Bonchev–Trinajstić information content (AvgIpc) is 3.58. The third-order valence-electron chi connectivity index (χ3n) is 6.07. The first-order valence-corrected chi connectivity index (χ1v) is 13.6. The summed E-state index contributed by atoms with van der Waals surface area (Å²) in [4.78, 5) is 39.5. The van der Waals surface area contributed by atoms with Gasteiger partial charge < -0.3 is 16.2 Å². The lowest BCUT2D eigenvalue weighted by Gasteiger charge is -2.50. The molecule has 1 saturated carbocycles. The number of nitrogens with zero attached hydrogens (tertiary/aromatic N) is 3. The molecule has 0 spiro atoms. The minimum atomic E-state index is -1.17. The first kappa shape index (κ1) is 23.3. The van der Waals surface area contributed by atoms with Gasteiger partial charge in [-0.15, -0.1) is 10.2 Å². The summed E-state index contributed by atoms with van der Waals surface area (Å²) in [6, 6.07) is 6.80. The summed E-state index contributed by atoms with van der Waals surface area (Å²) in [6.45, 7) is 0. The monoisotopic (exact) mass is 517 g/mol. The number of carboxylic acid groups (broad SMARTS) is 1. The molecular weight excluding hydrogens is 494 g/mol. The number of nitrogens with one attached hydrogen (secondary N) is 1. The summed E-state index contributed by atoms with van der Waals surface area (Å²) < 4.78 is 1.54. The van der Waals surface area contributed by atoms with Crippen molar-refractivity contribution in [2.24, 2.45) is 11.7 Å². The molecule has 3 aliphatic rings. The fraction of sp³-hybridized carbons (Fsp3) is 0.409. The zero-order valence-electron chi connectivity index (χ0n) is 18.0. The fourth-order valence-electron chi connectivity index (χ4n) is 4.06. The molecular formula is C22H23N5O4S3. The maximum Gasteiger partial charge on any atom is 0.353 e. The quantitative estimate of drug-likeness (QED) is 0.338. The van der Waals surface area contributed by atoms with Gasteiger partial charge in [0, 0.05) is 10.7 Å². The molecule has 1 saturated heterocycles. The molecule has 2 fully saturated rings. The SMILES string of the molecule is N[C@@H](C(=O)N[C@@H]1C(=O)N2C(C(=O)O)=C(Sc3nnc(SCC4CC4)s3)CC[C@H]12)c1ccccc1. The molecule has 2 aromatic rings. The molecule has 1 aromatic heterocycles. The number of nitrogens with two attached hydrogens (primary N) is 1. The standard InChI is InChI=1S/C22H23N5O4S3/c23-15(12-4-2-1-3-5-12)18(28)24-16-13-8-9-14(17(20(30)31)27(13)19(16)29)33-22-26-25-21(34-22)32-10-11-6-7-11/h1-5,11,13,15-16H,6-10,23H2,(H,24,28)(H,30,31)/t13-,15-,16+/m1/s1. The number of rotatable bonds is 9. The second-order valence-electron chi connectivity index (χ2n) is 8.46. The number of thioether (sulfide) groups is 2. The van der Waals surface area contributed by atoms with Crippen LogP contribution in [-0.2, 0) is 14.4 Å². The van der Waals surface area contributed by atoms with Crippen LogP contribution in [0.1, 0.15) is 37.3 Å². The molecule has 0 bridgehead atoms. The van der Waals surface area contributed by atoms with Crippen LogP contribution in [0.25, 0.3) is 0 Å². The predicted molar refractivity (Wildman–Crippen MR) is 129 cm³/mol. The number of amides is 2. The van der Waals surface area contributed by atoms with E-state index in [1.807, 2.05) is 6.07 Å². The number of fused-ring (bicyclic) bond motifs is 1. The number of allylic oxidation sites excluding steroid dienone is 1. The van der Waals surface area contributed by atoms with E-state index in [4.69, 9.17) is 5.73 Å². The normalized spacial score (nSPS) is 22.7. The first-order valence-electron chi connectivity index (χ1n) is 11.0. The van der Waals surface area contributed by atoms with Crippen LogP contribution >= 0.6 is 34.9 Å². The summed E-state index contributed by atoms with van der Waals surface area (Å²) >= 11 is 4.39. The summed E-state index contributed by atoms with van der Waals surface area (Å²) in [7, 11) is 0. The van der Waals surface area contributed by atoms with E-state index in [0.717, 1.165) is 16.0 Å². The zero-order valence-corrected chi connectivity index (χ0v) is 20.5. The highest BCUT2D eigenvalue weighted by atomic mass is 32.2. The molecule has 4 N–H and O–H groups in total. The molecule has 12 heteroatoms. The highest BCUT2D eigenvalue weighted by molar-refractivity contribution is 8.05. The average molecular weight is 518 g/mol. The van der Waals surface area contributed by atoms with Crippen LogP contribution in [0.5, 0.6) is 0 Å². The molecule has 1 aliphatic carbocycles. The number of benzene rings is 1. The van der Waals surface area contributed by atoms with Gasteiger partial charge in [-0.05, 0) is 37.2 Å². The number of aliphatic carboxylic acids is 1. The maximum atomic E-state index is 12.9. The number of aromatic nitrogens is 2. The molecule has 0 unspecified atom stereocenters. The maximum absolute atomic E-state index is 12.9. The summed E-state index contributed by atoms with van der Waals surface area (Å²) in [5, 5.41) is 21.0. The van der Waals surface area contributed by atoms with E-state index in [1.165, 1.54) is 40.8 Å². The highest BCUT2D eigenvalue weighted by Gasteiger charge is 2.53. The van der Waals surface area contributed by atoms with Crippen LogP contribution in [0.4, 0.5) is 0 Å². The minimum absolute atomic E-state index is 0.0357. The van der Waals surface area contributed by atoms with Crippen molar-refractivity contribution in [2.45, 2.75) is 52.5 Å². The van der Waals surface area contributed by atoms with Crippen LogP contribution in [0.3, 0.4) is 0 Å². The fourth-order valence-corrected chi connectivity index (χ4v) is 7.52. The van der Waals surface area contributed by atoms with E-state index >= 15 is 0 Å².